The van der Waals surface area contributed by atoms with Gasteiger partial charge in [-0.1, -0.05) is 32.4 Å². The van der Waals surface area contributed by atoms with Crippen LogP contribution in [0.3, 0.4) is 0 Å². The summed E-state index contributed by atoms with van der Waals surface area (Å²) < 4.78 is 0. The summed E-state index contributed by atoms with van der Waals surface area (Å²) in [6.07, 6.45) is 2.34. The quantitative estimate of drug-likeness (QED) is 0.872. The fourth-order valence-corrected chi connectivity index (χ4v) is 1.39. The maximum atomic E-state index is 11.7. The molecule has 0 saturated heterocycles. The molecule has 3 N–H and O–H groups in total. The number of aromatic nitrogens is 1. The van der Waals surface area contributed by atoms with Crippen LogP contribution in [0, 0.1) is 5.41 Å². The Balaban J connectivity index is 2.56. The third-order valence-corrected chi connectivity index (χ3v) is 2.60. The number of carbonyl (C=O) groups is 1. The second-order valence-corrected chi connectivity index (χ2v) is 5.56. The van der Waals surface area contributed by atoms with E-state index >= 15 is 0 Å². The monoisotopic (exact) mass is 255 g/mol. The first-order valence-electron chi connectivity index (χ1n) is 5.49. The van der Waals surface area contributed by atoms with Gasteiger partial charge in [-0.25, -0.2) is 4.98 Å². The van der Waals surface area contributed by atoms with Crippen LogP contribution in [0.15, 0.2) is 12.3 Å². The number of hydrogen-bond donors (Lipinski definition) is 2. The van der Waals surface area contributed by atoms with Crippen molar-refractivity contribution < 1.29 is 4.79 Å². The molecule has 0 unspecified atom stereocenters. The average molecular weight is 256 g/mol. The first kappa shape index (κ1) is 13.8. The number of nitrogen functional groups attached to an aromatic ring is 1. The Hall–Kier alpha value is -1.29. The van der Waals surface area contributed by atoms with Crippen LogP contribution in [0.5, 0.6) is 0 Å². The van der Waals surface area contributed by atoms with Crippen molar-refractivity contribution in [3.05, 3.63) is 22.8 Å². The van der Waals surface area contributed by atoms with Crippen molar-refractivity contribution in [2.75, 3.05) is 12.3 Å². The van der Waals surface area contributed by atoms with E-state index in [1.54, 1.807) is 0 Å². The summed E-state index contributed by atoms with van der Waals surface area (Å²) in [5.74, 6) is 0.0570. The first-order valence-corrected chi connectivity index (χ1v) is 5.86. The molecule has 0 aliphatic heterocycles. The SMILES string of the molecule is CC(C)(C)CCNC(=O)c1cnc(N)c(Cl)c1. The Morgan fingerprint density at radius 3 is 2.71 bits per heavy atom. The minimum absolute atomic E-state index is 0.177. The van der Waals surface area contributed by atoms with Crippen molar-refractivity contribution >= 4 is 23.3 Å². The van der Waals surface area contributed by atoms with Crippen LogP contribution in [0.1, 0.15) is 37.6 Å². The summed E-state index contributed by atoms with van der Waals surface area (Å²) >= 11 is 5.80. The number of pyridine rings is 1. The van der Waals surface area contributed by atoms with E-state index in [0.717, 1.165) is 6.42 Å². The van der Waals surface area contributed by atoms with Gasteiger partial charge in [0.25, 0.3) is 5.91 Å². The standard InChI is InChI=1S/C12H18ClN3O/c1-12(2,3)4-5-15-11(17)8-6-9(13)10(14)16-7-8/h6-7H,4-5H2,1-3H3,(H2,14,16)(H,15,17). The maximum absolute atomic E-state index is 11.7. The molecule has 1 aromatic heterocycles. The lowest BCUT2D eigenvalue weighted by Gasteiger charge is -2.18. The number of amides is 1. The van der Waals surface area contributed by atoms with Crippen LogP contribution in [0.25, 0.3) is 0 Å². The molecule has 0 aliphatic rings. The van der Waals surface area contributed by atoms with E-state index in [0.29, 0.717) is 17.1 Å². The van der Waals surface area contributed by atoms with Gasteiger partial charge in [0, 0.05) is 12.7 Å². The predicted molar refractivity (Wildman–Crippen MR) is 70.1 cm³/mol. The van der Waals surface area contributed by atoms with Crippen molar-refractivity contribution in [1.82, 2.24) is 10.3 Å². The summed E-state index contributed by atoms with van der Waals surface area (Å²) in [6.45, 7) is 7.01. The van der Waals surface area contributed by atoms with Crippen molar-refractivity contribution in [2.24, 2.45) is 5.41 Å². The highest BCUT2D eigenvalue weighted by atomic mass is 35.5. The summed E-state index contributed by atoms with van der Waals surface area (Å²) in [5.41, 5.74) is 6.10. The van der Waals surface area contributed by atoms with Gasteiger partial charge in [0.05, 0.1) is 10.6 Å². The van der Waals surface area contributed by atoms with Gasteiger partial charge < -0.3 is 11.1 Å². The van der Waals surface area contributed by atoms with Crippen molar-refractivity contribution in [3.63, 3.8) is 0 Å². The minimum atomic E-state index is -0.177. The van der Waals surface area contributed by atoms with E-state index in [9.17, 15) is 4.79 Å². The van der Waals surface area contributed by atoms with E-state index < -0.39 is 0 Å². The van der Waals surface area contributed by atoms with E-state index in [1.165, 1.54) is 12.3 Å². The number of halogens is 1. The van der Waals surface area contributed by atoms with E-state index in [4.69, 9.17) is 17.3 Å². The topological polar surface area (TPSA) is 68.0 Å². The molecule has 4 nitrogen and oxygen atoms in total. The molecule has 1 amide bonds. The van der Waals surface area contributed by atoms with Crippen molar-refractivity contribution in [3.8, 4) is 0 Å². The molecule has 0 aromatic carbocycles. The molecule has 0 spiro atoms. The zero-order valence-corrected chi connectivity index (χ0v) is 11.1. The van der Waals surface area contributed by atoms with Gasteiger partial charge in [-0.15, -0.1) is 0 Å². The van der Waals surface area contributed by atoms with E-state index in [2.05, 4.69) is 31.1 Å². The molecule has 0 radical (unpaired) electrons. The number of carbonyl (C=O) groups excluding carboxylic acids is 1. The second-order valence-electron chi connectivity index (χ2n) is 5.16. The molecule has 1 heterocycles. The summed E-state index contributed by atoms with van der Waals surface area (Å²) in [7, 11) is 0. The highest BCUT2D eigenvalue weighted by Gasteiger charge is 2.12. The Kier molecular flexibility index (Phi) is 4.34. The van der Waals surface area contributed by atoms with Gasteiger partial charge >= 0.3 is 0 Å². The summed E-state index contributed by atoms with van der Waals surface area (Å²) in [4.78, 5) is 15.6. The van der Waals surface area contributed by atoms with Crippen LogP contribution >= 0.6 is 11.6 Å². The van der Waals surface area contributed by atoms with E-state index in [1.807, 2.05) is 0 Å². The Bertz CT molecular complexity index is 413. The fourth-order valence-electron chi connectivity index (χ4n) is 1.23. The number of nitrogens with one attached hydrogen (secondary N) is 1. The summed E-state index contributed by atoms with van der Waals surface area (Å²) in [5, 5.41) is 3.12. The second kappa shape index (κ2) is 5.36. The van der Waals surface area contributed by atoms with Crippen LogP contribution in [-0.2, 0) is 0 Å². The molecular weight excluding hydrogens is 238 g/mol. The fraction of sp³-hybridized carbons (Fsp3) is 0.500. The number of nitrogens with zero attached hydrogens (tertiary/aromatic N) is 1. The smallest absolute Gasteiger partial charge is 0.252 e. The molecule has 0 aliphatic carbocycles. The van der Waals surface area contributed by atoms with Crippen LogP contribution in [0.4, 0.5) is 5.82 Å². The zero-order valence-electron chi connectivity index (χ0n) is 10.4. The number of rotatable bonds is 3. The summed E-state index contributed by atoms with van der Waals surface area (Å²) in [6, 6.07) is 1.52. The molecule has 5 heteroatoms. The lowest BCUT2D eigenvalue weighted by atomic mass is 9.92. The minimum Gasteiger partial charge on any atom is -0.382 e. The van der Waals surface area contributed by atoms with Gasteiger partial charge in [0.15, 0.2) is 0 Å². The number of hydrogen-bond acceptors (Lipinski definition) is 3. The maximum Gasteiger partial charge on any atom is 0.252 e. The molecule has 0 fully saturated rings. The van der Waals surface area contributed by atoms with Crippen molar-refractivity contribution in [1.29, 1.82) is 0 Å². The average Bonchev–Trinajstić information content (AvgIpc) is 2.20. The normalized spacial score (nSPS) is 11.3. The van der Waals surface area contributed by atoms with Gasteiger partial charge in [0.2, 0.25) is 0 Å². The third kappa shape index (κ3) is 4.61. The molecule has 0 bridgehead atoms. The third-order valence-electron chi connectivity index (χ3n) is 2.29. The van der Waals surface area contributed by atoms with Gasteiger partial charge in [-0.3, -0.25) is 4.79 Å². The molecular formula is C12H18ClN3O. The lowest BCUT2D eigenvalue weighted by Crippen LogP contribution is -2.27. The highest BCUT2D eigenvalue weighted by molar-refractivity contribution is 6.33. The number of nitrogens with two attached hydrogens (primary N) is 1. The molecule has 1 rings (SSSR count). The van der Waals surface area contributed by atoms with Crippen LogP contribution < -0.4 is 11.1 Å². The Labute approximate surface area is 107 Å². The Morgan fingerprint density at radius 1 is 1.53 bits per heavy atom. The molecule has 1 aromatic rings. The molecule has 94 valence electrons. The lowest BCUT2D eigenvalue weighted by molar-refractivity contribution is 0.0949. The predicted octanol–water partition coefficient (Wildman–Crippen LogP) is 2.48. The largest absolute Gasteiger partial charge is 0.382 e. The highest BCUT2D eigenvalue weighted by Crippen LogP contribution is 2.18. The van der Waals surface area contributed by atoms with Crippen LogP contribution in [0.2, 0.25) is 5.02 Å². The van der Waals surface area contributed by atoms with E-state index in [-0.39, 0.29) is 17.1 Å². The van der Waals surface area contributed by atoms with Gasteiger partial charge in [-0.2, -0.15) is 0 Å². The van der Waals surface area contributed by atoms with Crippen LogP contribution in [-0.4, -0.2) is 17.4 Å². The van der Waals surface area contributed by atoms with Crippen molar-refractivity contribution in [2.45, 2.75) is 27.2 Å². The number of anilines is 1. The molecule has 0 saturated carbocycles. The zero-order chi connectivity index (χ0) is 13.1. The first-order chi connectivity index (χ1) is 7.79. The molecule has 17 heavy (non-hydrogen) atoms. The van der Waals surface area contributed by atoms with Gasteiger partial charge in [-0.05, 0) is 17.9 Å². The molecule has 0 atom stereocenters. The Morgan fingerprint density at radius 2 is 2.18 bits per heavy atom. The van der Waals surface area contributed by atoms with Gasteiger partial charge in [0.1, 0.15) is 5.82 Å².